The molecule has 4 heterocycles. The normalized spacial score (nSPS) is 15.6. The van der Waals surface area contributed by atoms with Crippen molar-refractivity contribution in [1.82, 2.24) is 29.7 Å². The van der Waals surface area contributed by atoms with Crippen LogP contribution in [0.25, 0.3) is 0 Å². The van der Waals surface area contributed by atoms with Crippen LogP contribution in [0.1, 0.15) is 68.4 Å². The molecule has 2 aromatic heterocycles. The first kappa shape index (κ1) is 42.8. The van der Waals surface area contributed by atoms with Gasteiger partial charge in [0, 0.05) is 23.3 Å². The molecule has 0 bridgehead atoms. The van der Waals surface area contributed by atoms with Gasteiger partial charge in [0.15, 0.2) is 11.6 Å². The third-order valence-electron chi connectivity index (χ3n) is 11.5. The highest BCUT2D eigenvalue weighted by Crippen LogP contribution is 2.42. The summed E-state index contributed by atoms with van der Waals surface area (Å²) in [5.41, 5.74) is 8.79. The van der Waals surface area contributed by atoms with E-state index < -0.39 is 0 Å². The van der Waals surface area contributed by atoms with Gasteiger partial charge in [-0.25, -0.2) is 0 Å². The Morgan fingerprint density at radius 2 is 0.833 bits per heavy atom. The van der Waals surface area contributed by atoms with Crippen molar-refractivity contribution in [3.63, 3.8) is 0 Å². The second kappa shape index (κ2) is 19.9. The van der Waals surface area contributed by atoms with Gasteiger partial charge >= 0.3 is 0 Å². The van der Waals surface area contributed by atoms with Gasteiger partial charge in [-0.05, 0) is 119 Å². The van der Waals surface area contributed by atoms with Crippen LogP contribution in [0.2, 0.25) is 0 Å². The van der Waals surface area contributed by atoms with Crippen LogP contribution >= 0.6 is 23.5 Å². The lowest BCUT2D eigenvalue weighted by Gasteiger charge is -2.14. The fourth-order valence-corrected chi connectivity index (χ4v) is 10.1. The van der Waals surface area contributed by atoms with Gasteiger partial charge in [-0.1, -0.05) is 108 Å². The van der Waals surface area contributed by atoms with Crippen LogP contribution in [0.3, 0.4) is 0 Å². The summed E-state index contributed by atoms with van der Waals surface area (Å²) < 4.78 is 27.0. The van der Waals surface area contributed by atoms with E-state index in [1.165, 1.54) is 22.3 Å². The number of ether oxygens (including phenoxy) is 4. The predicted molar refractivity (Wildman–Crippen MR) is 258 cm³/mol. The van der Waals surface area contributed by atoms with E-state index in [4.69, 9.17) is 29.2 Å². The van der Waals surface area contributed by atoms with Gasteiger partial charge in [0.25, 0.3) is 0 Å². The zero-order chi connectivity index (χ0) is 44.7. The number of fused-ring (bicyclic) bond motifs is 2. The Morgan fingerprint density at radius 1 is 0.455 bits per heavy atom. The summed E-state index contributed by atoms with van der Waals surface area (Å²) in [4.78, 5) is 0. The van der Waals surface area contributed by atoms with Crippen molar-refractivity contribution < 1.29 is 18.9 Å². The van der Waals surface area contributed by atoms with Gasteiger partial charge in [0.2, 0.25) is 10.3 Å². The van der Waals surface area contributed by atoms with Crippen molar-refractivity contribution >= 4 is 34.9 Å². The van der Waals surface area contributed by atoms with Crippen LogP contribution in [0.15, 0.2) is 178 Å². The Balaban J connectivity index is 0.758. The quantitative estimate of drug-likeness (QED) is 0.0982. The van der Waals surface area contributed by atoms with Gasteiger partial charge in [0.05, 0.1) is 25.6 Å². The third kappa shape index (κ3) is 9.89. The average molecular weight is 911 g/mol. The third-order valence-corrected chi connectivity index (χ3v) is 13.9. The monoisotopic (exact) mass is 910 g/mol. The highest BCUT2D eigenvalue weighted by Gasteiger charge is 2.28. The Morgan fingerprint density at radius 3 is 1.21 bits per heavy atom. The fraction of sp³-hybridized carbons (Fsp3) is 0.192. The van der Waals surface area contributed by atoms with Crippen molar-refractivity contribution in [3.8, 4) is 23.0 Å². The van der Waals surface area contributed by atoms with E-state index >= 15 is 0 Å². The lowest BCUT2D eigenvalue weighted by atomic mass is 10.0. The van der Waals surface area contributed by atoms with Crippen LogP contribution in [0.4, 0.5) is 0 Å². The summed E-state index contributed by atoms with van der Waals surface area (Å²) >= 11 is 3.33. The minimum atomic E-state index is 0.122. The molecule has 0 radical (unpaired) electrons. The molecule has 66 heavy (non-hydrogen) atoms. The largest absolute Gasteiger partial charge is 0.497 e. The molecule has 330 valence electrons. The molecule has 14 heteroatoms. The van der Waals surface area contributed by atoms with Crippen LogP contribution < -0.4 is 18.9 Å². The minimum Gasteiger partial charge on any atom is -0.497 e. The molecule has 2 aliphatic rings. The SMILES string of the molecule is COc1ccc(C2=Nn3c(COc4ccc(CCc5ccc(OCc6nnc7n6N=C(c6ccc(OC)cc6)CC(c6ccccc6)S7)cc5)cc4)nnc3SC(c3ccccc3)C2)cc1. The Bertz CT molecular complexity index is 2740. The number of hydrogen-bond acceptors (Lipinski definition) is 12. The zero-order valence-electron chi connectivity index (χ0n) is 36.4. The first-order valence-electron chi connectivity index (χ1n) is 21.7. The van der Waals surface area contributed by atoms with E-state index in [2.05, 4.69) is 93.2 Å². The number of aromatic nitrogens is 6. The van der Waals surface area contributed by atoms with Gasteiger partial charge in [-0.15, -0.1) is 20.4 Å². The lowest BCUT2D eigenvalue weighted by molar-refractivity contribution is 0.289. The molecule has 0 N–H and O–H groups in total. The van der Waals surface area contributed by atoms with Crippen molar-refractivity contribution in [3.05, 3.63) is 203 Å². The maximum absolute atomic E-state index is 6.26. The Hall–Kier alpha value is -7.16. The maximum Gasteiger partial charge on any atom is 0.212 e. The molecule has 2 atom stereocenters. The zero-order valence-corrected chi connectivity index (χ0v) is 38.1. The minimum absolute atomic E-state index is 0.122. The fourth-order valence-electron chi connectivity index (χ4n) is 7.85. The molecule has 6 aromatic carbocycles. The van der Waals surface area contributed by atoms with E-state index in [0.29, 0.717) is 11.6 Å². The molecule has 0 saturated heterocycles. The van der Waals surface area contributed by atoms with Crippen LogP contribution in [-0.4, -0.2) is 55.4 Å². The first-order valence-corrected chi connectivity index (χ1v) is 23.5. The predicted octanol–water partition coefficient (Wildman–Crippen LogP) is 10.8. The molecule has 2 aliphatic heterocycles. The smallest absolute Gasteiger partial charge is 0.212 e. The number of hydrogen-bond donors (Lipinski definition) is 0. The lowest BCUT2D eigenvalue weighted by Crippen LogP contribution is -2.09. The van der Waals surface area contributed by atoms with Crippen molar-refractivity contribution in [1.29, 1.82) is 0 Å². The molecule has 0 spiro atoms. The van der Waals surface area contributed by atoms with E-state index in [-0.39, 0.29) is 23.7 Å². The number of nitrogens with zero attached hydrogens (tertiary/aromatic N) is 8. The summed E-state index contributed by atoms with van der Waals surface area (Å²) in [6.07, 6.45) is 3.22. The van der Waals surface area contributed by atoms with Crippen LogP contribution in [-0.2, 0) is 26.1 Å². The van der Waals surface area contributed by atoms with Crippen LogP contribution in [0.5, 0.6) is 23.0 Å². The summed E-state index contributed by atoms with van der Waals surface area (Å²) in [6, 6.07) is 53.5. The summed E-state index contributed by atoms with van der Waals surface area (Å²) in [7, 11) is 3.34. The molecule has 0 aliphatic carbocycles. The molecule has 10 rings (SSSR count). The van der Waals surface area contributed by atoms with Crippen molar-refractivity contribution in [2.45, 2.75) is 59.7 Å². The Kier molecular flexibility index (Phi) is 12.9. The molecular weight excluding hydrogens is 865 g/mol. The second-order valence-corrected chi connectivity index (χ2v) is 18.1. The van der Waals surface area contributed by atoms with Gasteiger partial charge < -0.3 is 18.9 Å². The molecule has 12 nitrogen and oxygen atoms in total. The number of thioether (sulfide) groups is 2. The number of methoxy groups -OCH3 is 2. The number of aryl methyl sites for hydroxylation is 2. The maximum atomic E-state index is 6.26. The topological polar surface area (TPSA) is 123 Å². The highest BCUT2D eigenvalue weighted by atomic mass is 32.2. The Labute approximate surface area is 391 Å². The van der Waals surface area contributed by atoms with E-state index in [9.17, 15) is 0 Å². The molecule has 2 unspecified atom stereocenters. The van der Waals surface area contributed by atoms with Gasteiger partial charge in [-0.3, -0.25) is 0 Å². The van der Waals surface area contributed by atoms with Crippen LogP contribution in [0, 0.1) is 0 Å². The van der Waals surface area contributed by atoms with E-state index in [0.717, 1.165) is 81.5 Å². The molecule has 0 saturated carbocycles. The molecular formula is C52H46N8O4S2. The second-order valence-electron chi connectivity index (χ2n) is 15.8. The number of benzene rings is 6. The standard InChI is InChI=1S/C52H46N8O4S2/c1-61-41-27-19-37(20-28-41)45-31-47(39-9-5-3-6-10-39)65-51-55-53-49(59(51)57-45)33-63-43-23-15-35(16-24-43)13-14-36-17-25-44(26-18-36)64-34-50-54-56-52-60(50)58-46(38-21-29-42(62-2)30-22-38)32-48(66-52)40-11-7-4-8-12-40/h3-12,15-30,47-48H,13-14,31-34H2,1-2H3. The summed E-state index contributed by atoms with van der Waals surface area (Å²) in [5.74, 6) is 4.37. The summed E-state index contributed by atoms with van der Waals surface area (Å²) in [6.45, 7) is 0.448. The van der Waals surface area contributed by atoms with Crippen molar-refractivity contribution in [2.24, 2.45) is 10.2 Å². The molecule has 0 amide bonds. The summed E-state index contributed by atoms with van der Waals surface area (Å²) in [5, 5.41) is 30.0. The first-order chi connectivity index (χ1) is 32.5. The van der Waals surface area contributed by atoms with E-state index in [1.54, 1.807) is 37.7 Å². The van der Waals surface area contributed by atoms with Gasteiger partial charge in [-0.2, -0.15) is 19.6 Å². The number of rotatable bonds is 15. The molecule has 0 fully saturated rings. The van der Waals surface area contributed by atoms with Gasteiger partial charge in [0.1, 0.15) is 36.2 Å². The van der Waals surface area contributed by atoms with E-state index in [1.807, 2.05) is 94.3 Å². The molecule has 8 aromatic rings. The highest BCUT2D eigenvalue weighted by molar-refractivity contribution is 7.99. The van der Waals surface area contributed by atoms with Crippen molar-refractivity contribution in [2.75, 3.05) is 14.2 Å². The average Bonchev–Trinajstić information content (AvgIpc) is 3.80.